The first-order valence-corrected chi connectivity index (χ1v) is 10.4. The van der Waals surface area contributed by atoms with Crippen LogP contribution in [-0.2, 0) is 19.1 Å². The van der Waals surface area contributed by atoms with Crippen molar-refractivity contribution in [3.63, 3.8) is 0 Å². The molecule has 0 radical (unpaired) electrons. The van der Waals surface area contributed by atoms with Crippen LogP contribution in [0.1, 0.15) is 56.2 Å². The molecule has 28 heavy (non-hydrogen) atoms. The number of hydrogen-bond acceptors (Lipinski definition) is 7. The molecule has 0 unspecified atom stereocenters. The molecule has 1 saturated carbocycles. The second-order valence-corrected chi connectivity index (χ2v) is 8.45. The summed E-state index contributed by atoms with van der Waals surface area (Å²) in [4.78, 5) is 55.9. The van der Waals surface area contributed by atoms with Gasteiger partial charge in [-0.05, 0) is 45.4 Å². The van der Waals surface area contributed by atoms with Gasteiger partial charge < -0.3 is 10.1 Å². The molecule has 8 nitrogen and oxygen atoms in total. The molecule has 0 bridgehead atoms. The van der Waals surface area contributed by atoms with E-state index < -0.39 is 35.8 Å². The Morgan fingerprint density at radius 3 is 2.64 bits per heavy atom. The van der Waals surface area contributed by atoms with Crippen molar-refractivity contribution in [1.82, 2.24) is 15.2 Å². The summed E-state index contributed by atoms with van der Waals surface area (Å²) in [7, 11) is 0. The lowest BCUT2D eigenvalue weighted by molar-refractivity contribution is -0.149. The number of Topliss-reactive ketones (excluding diaryl/α,β-unsaturated/α-hetero) is 1. The second kappa shape index (κ2) is 7.98. The molecule has 1 aromatic heterocycles. The lowest BCUT2D eigenvalue weighted by Gasteiger charge is -2.33. The fraction of sp³-hybridized carbons (Fsp3) is 0.632. The number of urea groups is 1. The molecule has 2 aliphatic rings. The van der Waals surface area contributed by atoms with E-state index >= 15 is 0 Å². The number of rotatable bonds is 6. The van der Waals surface area contributed by atoms with Crippen LogP contribution >= 0.6 is 11.3 Å². The normalized spacial score (nSPS) is 25.7. The summed E-state index contributed by atoms with van der Waals surface area (Å²) in [5, 5.41) is 4.84. The van der Waals surface area contributed by atoms with E-state index in [2.05, 4.69) is 17.2 Å². The third-order valence-corrected chi connectivity index (χ3v) is 6.44. The fourth-order valence-corrected chi connectivity index (χ4v) is 4.67. The largest absolute Gasteiger partial charge is 0.465 e. The Bertz CT molecular complexity index is 797. The number of nitrogens with zero attached hydrogens (tertiary/aromatic N) is 2. The molecule has 152 valence electrons. The Hall–Kier alpha value is -2.29. The predicted molar refractivity (Wildman–Crippen MR) is 102 cm³/mol. The smallest absolute Gasteiger partial charge is 0.325 e. The van der Waals surface area contributed by atoms with Gasteiger partial charge in [0.15, 0.2) is 11.7 Å². The number of aryl methyl sites for hydroxylation is 1. The standard InChI is InChI=1S/C19H25N3O5S/c1-4-27-16(24)14(15-20-12(3)10-28-15)13(23)9-22-17(25)19(21-18(22)26)7-5-11(2)6-8-19/h10-11,14H,4-9H2,1-3H3,(H,21,26)/t11?,14-,19?/m1/s1. The highest BCUT2D eigenvalue weighted by Gasteiger charge is 2.53. The zero-order valence-electron chi connectivity index (χ0n) is 16.3. The zero-order valence-corrected chi connectivity index (χ0v) is 17.1. The summed E-state index contributed by atoms with van der Waals surface area (Å²) in [6.07, 6.45) is 2.82. The quantitative estimate of drug-likeness (QED) is 0.440. The Kier molecular flexibility index (Phi) is 5.83. The van der Waals surface area contributed by atoms with Gasteiger partial charge in [0.05, 0.1) is 13.2 Å². The number of ketones is 1. The van der Waals surface area contributed by atoms with E-state index in [1.807, 2.05) is 0 Å². The first-order chi connectivity index (χ1) is 13.3. The Labute approximate surface area is 167 Å². The minimum Gasteiger partial charge on any atom is -0.465 e. The number of ether oxygens (including phenoxy) is 1. The van der Waals surface area contributed by atoms with Crippen LogP contribution in [0.5, 0.6) is 0 Å². The molecule has 1 saturated heterocycles. The molecule has 1 aliphatic carbocycles. The summed E-state index contributed by atoms with van der Waals surface area (Å²) in [5.74, 6) is -2.39. The van der Waals surface area contributed by atoms with E-state index in [9.17, 15) is 19.2 Å². The van der Waals surface area contributed by atoms with Crippen LogP contribution in [0.15, 0.2) is 5.38 Å². The van der Waals surface area contributed by atoms with Crippen LogP contribution in [0.2, 0.25) is 0 Å². The van der Waals surface area contributed by atoms with Gasteiger partial charge in [0.25, 0.3) is 5.91 Å². The number of hydrogen-bond donors (Lipinski definition) is 1. The minimum atomic E-state index is -1.23. The first-order valence-electron chi connectivity index (χ1n) is 9.53. The van der Waals surface area contributed by atoms with Gasteiger partial charge in [-0.2, -0.15) is 0 Å². The number of esters is 1. The molecule has 2 fully saturated rings. The summed E-state index contributed by atoms with van der Waals surface area (Å²) >= 11 is 1.18. The van der Waals surface area contributed by atoms with Crippen molar-refractivity contribution in [3.8, 4) is 0 Å². The number of nitrogens with one attached hydrogen (secondary N) is 1. The average molecular weight is 407 g/mol. The Morgan fingerprint density at radius 1 is 1.39 bits per heavy atom. The maximum atomic E-state index is 13.0. The number of amides is 3. The molecule has 2 heterocycles. The molecule has 1 aromatic rings. The molecular formula is C19H25N3O5S. The molecule has 9 heteroatoms. The van der Waals surface area contributed by atoms with E-state index in [4.69, 9.17) is 4.74 Å². The maximum absolute atomic E-state index is 13.0. The second-order valence-electron chi connectivity index (χ2n) is 7.56. The molecule has 0 aromatic carbocycles. The number of aromatic nitrogens is 1. The summed E-state index contributed by atoms with van der Waals surface area (Å²) in [6, 6.07) is -0.578. The van der Waals surface area contributed by atoms with E-state index in [0.29, 0.717) is 29.5 Å². The van der Waals surface area contributed by atoms with Crippen molar-refractivity contribution < 1.29 is 23.9 Å². The fourth-order valence-electron chi connectivity index (χ4n) is 3.76. The van der Waals surface area contributed by atoms with Gasteiger partial charge in [0, 0.05) is 11.1 Å². The topological polar surface area (TPSA) is 106 Å². The Balaban J connectivity index is 1.78. The van der Waals surface area contributed by atoms with E-state index in [1.54, 1.807) is 19.2 Å². The van der Waals surface area contributed by atoms with E-state index in [-0.39, 0.29) is 12.5 Å². The van der Waals surface area contributed by atoms with Crippen molar-refractivity contribution in [2.45, 2.75) is 57.9 Å². The lowest BCUT2D eigenvalue weighted by atomic mass is 9.77. The van der Waals surface area contributed by atoms with Crippen molar-refractivity contribution in [1.29, 1.82) is 0 Å². The van der Waals surface area contributed by atoms with E-state index in [1.165, 1.54) is 11.3 Å². The number of carbonyl (C=O) groups excluding carboxylic acids is 4. The van der Waals surface area contributed by atoms with Gasteiger partial charge in [-0.25, -0.2) is 9.78 Å². The number of thiazole rings is 1. The van der Waals surface area contributed by atoms with E-state index in [0.717, 1.165) is 17.7 Å². The summed E-state index contributed by atoms with van der Waals surface area (Å²) in [5.41, 5.74) is -0.228. The monoisotopic (exact) mass is 407 g/mol. The third-order valence-electron chi connectivity index (χ3n) is 5.42. The maximum Gasteiger partial charge on any atom is 0.325 e. The number of carbonyl (C=O) groups is 4. The highest BCUT2D eigenvalue weighted by molar-refractivity contribution is 7.10. The van der Waals surface area contributed by atoms with Gasteiger partial charge in [0.1, 0.15) is 10.5 Å². The van der Waals surface area contributed by atoms with Crippen molar-refractivity contribution in [2.24, 2.45) is 5.92 Å². The highest BCUT2D eigenvalue weighted by Crippen LogP contribution is 2.36. The molecule has 1 atom stereocenters. The predicted octanol–water partition coefficient (Wildman–Crippen LogP) is 2.17. The first kappa shape index (κ1) is 20.4. The van der Waals surface area contributed by atoms with Gasteiger partial charge in [0.2, 0.25) is 0 Å². The zero-order chi connectivity index (χ0) is 20.5. The van der Waals surface area contributed by atoms with Crippen molar-refractivity contribution >= 4 is 35.0 Å². The summed E-state index contributed by atoms with van der Waals surface area (Å²) in [6.45, 7) is 5.19. The van der Waals surface area contributed by atoms with Crippen molar-refractivity contribution in [3.05, 3.63) is 16.1 Å². The van der Waals surface area contributed by atoms with Crippen LogP contribution < -0.4 is 5.32 Å². The van der Waals surface area contributed by atoms with Gasteiger partial charge >= 0.3 is 12.0 Å². The van der Waals surface area contributed by atoms with Crippen LogP contribution in [0.25, 0.3) is 0 Å². The minimum absolute atomic E-state index is 0.122. The highest BCUT2D eigenvalue weighted by atomic mass is 32.1. The molecule has 3 amide bonds. The molecule has 1 aliphatic heterocycles. The average Bonchev–Trinajstić information content (AvgIpc) is 3.15. The molecular weight excluding hydrogens is 382 g/mol. The van der Waals surface area contributed by atoms with Gasteiger partial charge in [-0.3, -0.25) is 19.3 Å². The van der Waals surface area contributed by atoms with Gasteiger partial charge in [-0.15, -0.1) is 11.3 Å². The van der Waals surface area contributed by atoms with Crippen LogP contribution in [0.3, 0.4) is 0 Å². The molecule has 1 N–H and O–H groups in total. The van der Waals surface area contributed by atoms with Gasteiger partial charge in [-0.1, -0.05) is 6.92 Å². The lowest BCUT2D eigenvalue weighted by Crippen LogP contribution is -2.49. The third kappa shape index (κ3) is 3.80. The Morgan fingerprint density at radius 2 is 2.07 bits per heavy atom. The number of imide groups is 1. The van der Waals surface area contributed by atoms with Crippen molar-refractivity contribution in [2.75, 3.05) is 13.2 Å². The van der Waals surface area contributed by atoms with Crippen LogP contribution in [-0.4, -0.2) is 52.3 Å². The van der Waals surface area contributed by atoms with Crippen LogP contribution in [0, 0.1) is 12.8 Å². The molecule has 3 rings (SSSR count). The molecule has 1 spiro atoms. The summed E-state index contributed by atoms with van der Waals surface area (Å²) < 4.78 is 5.03. The SMILES string of the molecule is CCOC(=O)[C@H](C(=O)CN1C(=O)NC2(CCC(C)CC2)C1=O)c1nc(C)cs1. The van der Waals surface area contributed by atoms with Crippen LogP contribution in [0.4, 0.5) is 4.79 Å².